The predicted molar refractivity (Wildman–Crippen MR) is 111 cm³/mol. The summed E-state index contributed by atoms with van der Waals surface area (Å²) in [5, 5.41) is 13.8. The highest BCUT2D eigenvalue weighted by molar-refractivity contribution is 6.36. The lowest BCUT2D eigenvalue weighted by molar-refractivity contribution is 0.0792. The summed E-state index contributed by atoms with van der Waals surface area (Å²) in [5.74, 6) is 0. The molecule has 0 radical (unpaired) electrons. The van der Waals surface area contributed by atoms with Gasteiger partial charge >= 0.3 is 0 Å². The summed E-state index contributed by atoms with van der Waals surface area (Å²) in [6.45, 7) is 2.87. The van der Waals surface area contributed by atoms with Gasteiger partial charge in [0.05, 0.1) is 6.10 Å². The Balaban J connectivity index is 1.47. The number of hydrogen-bond donors (Lipinski definition) is 3. The van der Waals surface area contributed by atoms with Crippen molar-refractivity contribution in [3.8, 4) is 11.3 Å². The number of hydrogen-bond acceptors (Lipinski definition) is 2. The maximum absolute atomic E-state index is 9.68. The Hall–Kier alpha value is -2.27. The number of aromatic nitrogens is 2. The van der Waals surface area contributed by atoms with Crippen molar-refractivity contribution < 1.29 is 5.11 Å². The number of aliphatic hydroxyl groups is 1. The lowest BCUT2D eigenvalue weighted by Crippen LogP contribution is -2.35. The zero-order valence-electron chi connectivity index (χ0n) is 15.0. The largest absolute Gasteiger partial charge is 0.393 e. The van der Waals surface area contributed by atoms with Crippen molar-refractivity contribution in [1.82, 2.24) is 14.9 Å². The van der Waals surface area contributed by atoms with Gasteiger partial charge in [-0.05, 0) is 42.7 Å². The Kier molecular flexibility index (Phi) is 4.20. The van der Waals surface area contributed by atoms with Crippen LogP contribution in [0.5, 0.6) is 0 Å². The smallest absolute Gasteiger partial charge is 0.0564 e. The fourth-order valence-corrected chi connectivity index (χ4v) is 4.34. The van der Waals surface area contributed by atoms with E-state index in [-0.39, 0.29) is 6.10 Å². The van der Waals surface area contributed by atoms with Gasteiger partial charge < -0.3 is 15.1 Å². The quantitative estimate of drug-likeness (QED) is 0.473. The minimum Gasteiger partial charge on any atom is -0.393 e. The van der Waals surface area contributed by atoms with Crippen LogP contribution in [0.3, 0.4) is 0 Å². The Labute approximate surface area is 162 Å². The molecule has 1 aliphatic rings. The van der Waals surface area contributed by atoms with Crippen LogP contribution >= 0.6 is 11.6 Å². The molecule has 27 heavy (non-hydrogen) atoms. The monoisotopic (exact) mass is 379 g/mol. The molecule has 3 heterocycles. The Bertz CT molecular complexity index is 1110. The predicted octanol–water partition coefficient (Wildman–Crippen LogP) is 4.93. The zero-order chi connectivity index (χ0) is 18.4. The van der Waals surface area contributed by atoms with Crippen LogP contribution in [0, 0.1) is 0 Å². The summed E-state index contributed by atoms with van der Waals surface area (Å²) in [5.41, 5.74) is 4.71. The van der Waals surface area contributed by atoms with E-state index in [0.29, 0.717) is 0 Å². The van der Waals surface area contributed by atoms with E-state index in [1.807, 2.05) is 18.5 Å². The molecule has 4 nitrogen and oxygen atoms in total. The van der Waals surface area contributed by atoms with Crippen molar-refractivity contribution in [3.05, 3.63) is 59.4 Å². The zero-order valence-corrected chi connectivity index (χ0v) is 15.8. The number of halogens is 1. The van der Waals surface area contributed by atoms with E-state index < -0.39 is 0 Å². The van der Waals surface area contributed by atoms with Gasteiger partial charge in [-0.25, -0.2) is 0 Å². The van der Waals surface area contributed by atoms with E-state index in [2.05, 4.69) is 45.2 Å². The average Bonchev–Trinajstić information content (AvgIpc) is 3.31. The van der Waals surface area contributed by atoms with Gasteiger partial charge in [0, 0.05) is 70.0 Å². The van der Waals surface area contributed by atoms with Crippen LogP contribution in [0.15, 0.2) is 48.8 Å². The van der Waals surface area contributed by atoms with E-state index in [9.17, 15) is 5.11 Å². The molecule has 0 unspecified atom stereocenters. The van der Waals surface area contributed by atoms with E-state index in [1.54, 1.807) is 0 Å². The molecule has 0 atom stereocenters. The molecule has 138 valence electrons. The first kappa shape index (κ1) is 16.9. The van der Waals surface area contributed by atoms with Crippen molar-refractivity contribution in [2.75, 3.05) is 13.1 Å². The number of nitrogens with zero attached hydrogens (tertiary/aromatic N) is 1. The summed E-state index contributed by atoms with van der Waals surface area (Å²) in [7, 11) is 0. The second-order valence-corrected chi connectivity index (χ2v) is 7.90. The number of rotatable bonds is 3. The Morgan fingerprint density at radius 3 is 2.70 bits per heavy atom. The second-order valence-electron chi connectivity index (χ2n) is 7.49. The molecular weight excluding hydrogens is 358 g/mol. The summed E-state index contributed by atoms with van der Waals surface area (Å²) >= 11 is 6.31. The van der Waals surface area contributed by atoms with Gasteiger partial charge in [0.1, 0.15) is 0 Å². The Morgan fingerprint density at radius 2 is 1.85 bits per heavy atom. The maximum atomic E-state index is 9.68. The molecular formula is C22H22ClN3O. The van der Waals surface area contributed by atoms with Crippen molar-refractivity contribution in [3.63, 3.8) is 0 Å². The second kappa shape index (κ2) is 6.71. The number of benzene rings is 2. The standard InChI is InChI=1S/C22H22ClN3O/c23-20-3-2-17(18-11-24-12-19(18)20)22-10-15-9-14(1-4-21(15)25-22)13-26-7-5-16(27)6-8-26/h1-4,9-12,16,24-25,27H,5-8,13H2. The van der Waals surface area contributed by atoms with Crippen molar-refractivity contribution in [1.29, 1.82) is 0 Å². The molecule has 1 aliphatic heterocycles. The molecule has 1 fully saturated rings. The van der Waals surface area contributed by atoms with Crippen molar-refractivity contribution in [2.45, 2.75) is 25.5 Å². The van der Waals surface area contributed by atoms with E-state index in [0.717, 1.165) is 65.0 Å². The van der Waals surface area contributed by atoms with Gasteiger partial charge in [-0.15, -0.1) is 0 Å². The summed E-state index contributed by atoms with van der Waals surface area (Å²) < 4.78 is 0. The number of aromatic amines is 2. The van der Waals surface area contributed by atoms with E-state index in [1.165, 1.54) is 10.9 Å². The van der Waals surface area contributed by atoms with Crippen LogP contribution in [0.25, 0.3) is 32.9 Å². The lowest BCUT2D eigenvalue weighted by Gasteiger charge is -2.29. The Morgan fingerprint density at radius 1 is 1.04 bits per heavy atom. The number of piperidine rings is 1. The molecule has 2 aromatic carbocycles. The van der Waals surface area contributed by atoms with Crippen LogP contribution in [0.1, 0.15) is 18.4 Å². The van der Waals surface area contributed by atoms with E-state index >= 15 is 0 Å². The van der Waals surface area contributed by atoms with Crippen LogP contribution in [0.2, 0.25) is 5.02 Å². The highest BCUT2D eigenvalue weighted by Crippen LogP contribution is 2.34. The fourth-order valence-electron chi connectivity index (χ4n) is 4.12. The van der Waals surface area contributed by atoms with Crippen molar-refractivity contribution in [2.24, 2.45) is 0 Å². The van der Waals surface area contributed by atoms with Gasteiger partial charge in [-0.1, -0.05) is 23.7 Å². The maximum Gasteiger partial charge on any atom is 0.0564 e. The summed E-state index contributed by atoms with van der Waals surface area (Å²) in [6, 6.07) is 12.9. The van der Waals surface area contributed by atoms with Gasteiger partial charge in [0.2, 0.25) is 0 Å². The normalized spacial score (nSPS) is 16.5. The SMILES string of the molecule is OC1CCN(Cc2ccc3[nH]c(-c4ccc(Cl)c5c[nH]cc45)cc3c2)CC1. The number of fused-ring (bicyclic) bond motifs is 2. The van der Waals surface area contributed by atoms with Crippen LogP contribution in [-0.2, 0) is 6.54 Å². The highest BCUT2D eigenvalue weighted by atomic mass is 35.5. The molecule has 5 heteroatoms. The first-order chi connectivity index (χ1) is 13.2. The lowest BCUT2D eigenvalue weighted by atomic mass is 10.1. The molecule has 4 aromatic rings. The van der Waals surface area contributed by atoms with Crippen molar-refractivity contribution >= 4 is 33.3 Å². The molecule has 2 aromatic heterocycles. The summed E-state index contributed by atoms with van der Waals surface area (Å²) in [6.07, 6.45) is 5.57. The van der Waals surface area contributed by atoms with E-state index in [4.69, 9.17) is 11.6 Å². The average molecular weight is 380 g/mol. The summed E-state index contributed by atoms with van der Waals surface area (Å²) in [4.78, 5) is 9.13. The molecule has 0 bridgehead atoms. The number of nitrogens with one attached hydrogen (secondary N) is 2. The third-order valence-electron chi connectivity index (χ3n) is 5.63. The van der Waals surface area contributed by atoms with Crippen LogP contribution in [0.4, 0.5) is 0 Å². The minimum atomic E-state index is -0.124. The molecule has 5 rings (SSSR count). The first-order valence-electron chi connectivity index (χ1n) is 9.45. The van der Waals surface area contributed by atoms with Gasteiger partial charge in [0.25, 0.3) is 0 Å². The molecule has 1 saturated heterocycles. The minimum absolute atomic E-state index is 0.124. The molecule has 3 N–H and O–H groups in total. The first-order valence-corrected chi connectivity index (χ1v) is 9.82. The number of likely N-dealkylation sites (tertiary alicyclic amines) is 1. The number of H-pyrrole nitrogens is 2. The van der Waals surface area contributed by atoms with Gasteiger partial charge in [-0.2, -0.15) is 0 Å². The van der Waals surface area contributed by atoms with Gasteiger partial charge in [-0.3, -0.25) is 4.90 Å². The molecule has 0 aliphatic carbocycles. The molecule has 0 amide bonds. The van der Waals surface area contributed by atoms with Gasteiger partial charge in [0.15, 0.2) is 0 Å². The highest BCUT2D eigenvalue weighted by Gasteiger charge is 2.17. The van der Waals surface area contributed by atoms with Crippen LogP contribution in [-0.4, -0.2) is 39.2 Å². The number of aliphatic hydroxyl groups excluding tert-OH is 1. The fraction of sp³-hybridized carbons (Fsp3) is 0.273. The molecule has 0 spiro atoms. The third kappa shape index (κ3) is 3.14. The third-order valence-corrected chi connectivity index (χ3v) is 5.96. The topological polar surface area (TPSA) is 55.0 Å². The molecule has 0 saturated carbocycles. The van der Waals surface area contributed by atoms with Crippen LogP contribution < -0.4 is 0 Å².